The second-order valence-electron chi connectivity index (χ2n) is 5.81. The molecule has 1 aromatic heterocycles. The maximum atomic E-state index is 12.6. The van der Waals surface area contributed by atoms with Crippen LogP contribution in [0.3, 0.4) is 0 Å². The molecular formula is C18H19BrN2O4. The number of carbonyl (C=O) groups is 2. The summed E-state index contributed by atoms with van der Waals surface area (Å²) in [4.78, 5) is 28.2. The molecule has 1 fully saturated rings. The second-order valence-corrected chi connectivity index (χ2v) is 6.73. The van der Waals surface area contributed by atoms with Crippen molar-refractivity contribution in [3.63, 3.8) is 0 Å². The molecule has 2 aromatic rings. The molecule has 25 heavy (non-hydrogen) atoms. The number of hydrogen-bond acceptors (Lipinski definition) is 4. The monoisotopic (exact) mass is 406 g/mol. The molecule has 6 nitrogen and oxygen atoms in total. The highest BCUT2D eigenvalue weighted by atomic mass is 79.9. The highest BCUT2D eigenvalue weighted by molar-refractivity contribution is 9.10. The first kappa shape index (κ1) is 17.5. The summed E-state index contributed by atoms with van der Waals surface area (Å²) in [6, 6.07) is 10.7. The van der Waals surface area contributed by atoms with Crippen LogP contribution in [0.5, 0.6) is 5.75 Å². The fourth-order valence-corrected chi connectivity index (χ4v) is 3.12. The Kier molecular flexibility index (Phi) is 5.43. The van der Waals surface area contributed by atoms with E-state index < -0.39 is 6.10 Å². The van der Waals surface area contributed by atoms with Gasteiger partial charge in [0.2, 0.25) is 0 Å². The van der Waals surface area contributed by atoms with Crippen molar-refractivity contribution in [1.29, 1.82) is 0 Å². The first-order valence-electron chi connectivity index (χ1n) is 8.08. The van der Waals surface area contributed by atoms with E-state index in [-0.39, 0.29) is 11.8 Å². The summed E-state index contributed by atoms with van der Waals surface area (Å²) in [5, 5.41) is 0. The summed E-state index contributed by atoms with van der Waals surface area (Å²) in [5.74, 6) is 0.744. The third kappa shape index (κ3) is 4.22. The molecule has 0 N–H and O–H groups in total. The molecule has 1 aliphatic rings. The number of furan rings is 1. The van der Waals surface area contributed by atoms with Gasteiger partial charge in [0.05, 0.1) is 6.26 Å². The minimum atomic E-state index is -0.582. The quantitative estimate of drug-likeness (QED) is 0.782. The van der Waals surface area contributed by atoms with Gasteiger partial charge in [-0.25, -0.2) is 0 Å². The summed E-state index contributed by atoms with van der Waals surface area (Å²) < 4.78 is 11.8. The normalized spacial score (nSPS) is 15.8. The predicted octanol–water partition coefficient (Wildman–Crippen LogP) is 2.79. The van der Waals surface area contributed by atoms with E-state index >= 15 is 0 Å². The van der Waals surface area contributed by atoms with Crippen molar-refractivity contribution < 1.29 is 18.7 Å². The number of amides is 2. The number of hydrogen-bond donors (Lipinski definition) is 0. The minimum absolute atomic E-state index is 0.0786. The number of carbonyl (C=O) groups excluding carboxylic acids is 2. The van der Waals surface area contributed by atoms with Gasteiger partial charge in [-0.3, -0.25) is 9.59 Å². The highest BCUT2D eigenvalue weighted by Gasteiger charge is 2.29. The van der Waals surface area contributed by atoms with Gasteiger partial charge in [0.25, 0.3) is 11.8 Å². The van der Waals surface area contributed by atoms with Gasteiger partial charge in [-0.15, -0.1) is 0 Å². The first-order valence-corrected chi connectivity index (χ1v) is 8.87. The fraction of sp³-hybridized carbons (Fsp3) is 0.333. The van der Waals surface area contributed by atoms with Gasteiger partial charge in [-0.1, -0.05) is 22.0 Å². The van der Waals surface area contributed by atoms with E-state index in [9.17, 15) is 9.59 Å². The molecular weight excluding hydrogens is 388 g/mol. The zero-order chi connectivity index (χ0) is 17.8. The predicted molar refractivity (Wildman–Crippen MR) is 95.4 cm³/mol. The molecule has 0 bridgehead atoms. The van der Waals surface area contributed by atoms with Gasteiger partial charge in [-0.05, 0) is 37.3 Å². The van der Waals surface area contributed by atoms with Crippen LogP contribution in [0.1, 0.15) is 17.5 Å². The van der Waals surface area contributed by atoms with Crippen molar-refractivity contribution in [2.24, 2.45) is 0 Å². The van der Waals surface area contributed by atoms with Crippen LogP contribution in [0.25, 0.3) is 0 Å². The van der Waals surface area contributed by atoms with Crippen molar-refractivity contribution in [3.8, 4) is 5.75 Å². The molecule has 0 radical (unpaired) electrons. The Balaban J connectivity index is 1.53. The van der Waals surface area contributed by atoms with E-state index in [1.165, 1.54) is 6.26 Å². The minimum Gasteiger partial charge on any atom is -0.481 e. The smallest absolute Gasteiger partial charge is 0.289 e. The maximum Gasteiger partial charge on any atom is 0.289 e. The molecule has 132 valence electrons. The van der Waals surface area contributed by atoms with Crippen LogP contribution in [-0.2, 0) is 4.79 Å². The molecule has 1 aromatic carbocycles. The van der Waals surface area contributed by atoms with Gasteiger partial charge in [0.15, 0.2) is 11.9 Å². The summed E-state index contributed by atoms with van der Waals surface area (Å²) in [6.45, 7) is 3.67. The molecule has 3 rings (SSSR count). The number of rotatable bonds is 4. The van der Waals surface area contributed by atoms with Crippen LogP contribution in [-0.4, -0.2) is 53.9 Å². The van der Waals surface area contributed by atoms with Gasteiger partial charge in [0, 0.05) is 30.7 Å². The van der Waals surface area contributed by atoms with Crippen molar-refractivity contribution in [3.05, 3.63) is 52.9 Å². The van der Waals surface area contributed by atoms with Crippen LogP contribution in [0.15, 0.2) is 51.6 Å². The number of benzene rings is 1. The fourth-order valence-electron chi connectivity index (χ4n) is 2.74. The summed E-state index contributed by atoms with van der Waals surface area (Å²) in [7, 11) is 0. The van der Waals surface area contributed by atoms with Crippen LogP contribution >= 0.6 is 15.9 Å². The summed E-state index contributed by atoms with van der Waals surface area (Å²) >= 11 is 3.38. The van der Waals surface area contributed by atoms with E-state index in [4.69, 9.17) is 9.15 Å². The lowest BCUT2D eigenvalue weighted by Gasteiger charge is -2.35. The van der Waals surface area contributed by atoms with E-state index in [0.717, 1.165) is 4.47 Å². The largest absolute Gasteiger partial charge is 0.481 e. The Morgan fingerprint density at radius 1 is 1.12 bits per heavy atom. The van der Waals surface area contributed by atoms with Crippen LogP contribution in [0, 0.1) is 0 Å². The van der Waals surface area contributed by atoms with E-state index in [1.807, 2.05) is 24.3 Å². The first-order chi connectivity index (χ1) is 12.0. The third-order valence-corrected chi connectivity index (χ3v) is 4.56. The Morgan fingerprint density at radius 3 is 2.48 bits per heavy atom. The molecule has 1 unspecified atom stereocenters. The second kappa shape index (κ2) is 7.74. The molecule has 0 spiro atoms. The van der Waals surface area contributed by atoms with Crippen molar-refractivity contribution >= 4 is 27.7 Å². The van der Waals surface area contributed by atoms with Crippen LogP contribution in [0.4, 0.5) is 0 Å². The lowest BCUT2D eigenvalue weighted by atomic mass is 10.2. The molecule has 1 atom stereocenters. The average molecular weight is 407 g/mol. The van der Waals surface area contributed by atoms with E-state index in [1.54, 1.807) is 28.9 Å². The van der Waals surface area contributed by atoms with Crippen molar-refractivity contribution in [2.75, 3.05) is 26.2 Å². The van der Waals surface area contributed by atoms with Crippen LogP contribution < -0.4 is 4.74 Å². The zero-order valence-electron chi connectivity index (χ0n) is 13.9. The Morgan fingerprint density at radius 2 is 1.84 bits per heavy atom. The molecule has 0 saturated carbocycles. The SMILES string of the molecule is CC(Oc1cccc(Br)c1)C(=O)N1CCN(C(=O)c2ccco2)CC1. The van der Waals surface area contributed by atoms with Gasteiger partial charge >= 0.3 is 0 Å². The van der Waals surface area contributed by atoms with Crippen molar-refractivity contribution in [2.45, 2.75) is 13.0 Å². The average Bonchev–Trinajstić information content (AvgIpc) is 3.15. The molecule has 2 amide bonds. The molecule has 1 saturated heterocycles. The Hall–Kier alpha value is -2.28. The Labute approximate surface area is 154 Å². The van der Waals surface area contributed by atoms with E-state index in [0.29, 0.717) is 37.7 Å². The number of piperazine rings is 1. The highest BCUT2D eigenvalue weighted by Crippen LogP contribution is 2.19. The number of nitrogens with zero attached hydrogens (tertiary/aromatic N) is 2. The van der Waals surface area contributed by atoms with Crippen LogP contribution in [0.2, 0.25) is 0 Å². The van der Waals surface area contributed by atoms with Gasteiger partial charge in [-0.2, -0.15) is 0 Å². The van der Waals surface area contributed by atoms with Gasteiger partial charge < -0.3 is 19.0 Å². The lowest BCUT2D eigenvalue weighted by molar-refractivity contribution is -0.139. The number of halogens is 1. The van der Waals surface area contributed by atoms with E-state index in [2.05, 4.69) is 15.9 Å². The lowest BCUT2D eigenvalue weighted by Crippen LogP contribution is -2.53. The topological polar surface area (TPSA) is 63.0 Å². The zero-order valence-corrected chi connectivity index (χ0v) is 15.4. The standard InChI is InChI=1S/C18H19BrN2O4/c1-13(25-15-5-2-4-14(19)12-15)17(22)20-7-9-21(10-8-20)18(23)16-6-3-11-24-16/h2-6,11-13H,7-10H2,1H3. The Bertz CT molecular complexity index is 739. The molecule has 7 heteroatoms. The summed E-state index contributed by atoms with van der Waals surface area (Å²) in [6.07, 6.45) is 0.898. The van der Waals surface area contributed by atoms with Gasteiger partial charge in [0.1, 0.15) is 5.75 Å². The molecule has 0 aliphatic carbocycles. The maximum absolute atomic E-state index is 12.6. The molecule has 2 heterocycles. The third-order valence-electron chi connectivity index (χ3n) is 4.07. The van der Waals surface area contributed by atoms with Crippen molar-refractivity contribution in [1.82, 2.24) is 9.80 Å². The molecule has 1 aliphatic heterocycles. The summed E-state index contributed by atoms with van der Waals surface area (Å²) in [5.41, 5.74) is 0. The number of ether oxygens (including phenoxy) is 1.